The number of pyridine rings is 1. The van der Waals surface area contributed by atoms with E-state index < -0.39 is 11.9 Å². The van der Waals surface area contributed by atoms with Gasteiger partial charge in [-0.3, -0.25) is 15.2 Å². The number of carbonyl (C=O) groups excluding carboxylic acids is 2. The number of carbonyl (C=O) groups is 2. The van der Waals surface area contributed by atoms with Gasteiger partial charge in [-0.05, 0) is 17.5 Å². The molecule has 0 aliphatic rings. The monoisotopic (exact) mass is 267 g/mol. The fraction of sp³-hybridized carbons (Fsp3) is 0.417. The maximum absolute atomic E-state index is 11.4. The van der Waals surface area contributed by atoms with Gasteiger partial charge in [-0.1, -0.05) is 33.8 Å². The van der Waals surface area contributed by atoms with Crippen LogP contribution in [0.2, 0.25) is 0 Å². The highest BCUT2D eigenvalue weighted by Crippen LogP contribution is 2.08. The zero-order valence-electron chi connectivity index (χ0n) is 11.7. The van der Waals surface area contributed by atoms with E-state index in [-0.39, 0.29) is 5.69 Å². The Labute approximate surface area is 112 Å². The topological polar surface area (TPSA) is 114 Å². The molecule has 1 heterocycles. The van der Waals surface area contributed by atoms with Gasteiger partial charge in [-0.25, -0.2) is 16.5 Å². The summed E-state index contributed by atoms with van der Waals surface area (Å²) in [4.78, 5) is 25.9. The lowest BCUT2D eigenvalue weighted by molar-refractivity contribution is 0.0794. The van der Waals surface area contributed by atoms with E-state index in [9.17, 15) is 9.59 Å². The SMILES string of the molecule is CC(C)(C)C.NNC(=O)N(N)C(=O)c1ccccn1. The minimum atomic E-state index is -0.902. The highest BCUT2D eigenvalue weighted by molar-refractivity contribution is 6.02. The molecule has 1 aromatic heterocycles. The van der Waals surface area contributed by atoms with Crippen molar-refractivity contribution in [2.75, 3.05) is 0 Å². The zero-order valence-corrected chi connectivity index (χ0v) is 11.7. The Morgan fingerprint density at radius 2 is 1.79 bits per heavy atom. The van der Waals surface area contributed by atoms with Crippen LogP contribution in [-0.4, -0.2) is 21.9 Å². The highest BCUT2D eigenvalue weighted by atomic mass is 16.2. The Hall–Kier alpha value is -1.99. The predicted molar refractivity (Wildman–Crippen MR) is 72.4 cm³/mol. The predicted octanol–water partition coefficient (Wildman–Crippen LogP) is 1.03. The van der Waals surface area contributed by atoms with Crippen molar-refractivity contribution in [3.05, 3.63) is 30.1 Å². The Morgan fingerprint density at radius 3 is 2.16 bits per heavy atom. The third-order valence-electron chi connectivity index (χ3n) is 1.45. The lowest BCUT2D eigenvalue weighted by Crippen LogP contribution is -2.50. The van der Waals surface area contributed by atoms with Crippen LogP contribution in [0.5, 0.6) is 0 Å². The first-order chi connectivity index (χ1) is 8.66. The maximum atomic E-state index is 11.4. The molecule has 0 spiro atoms. The van der Waals surface area contributed by atoms with Crippen LogP contribution in [0.3, 0.4) is 0 Å². The van der Waals surface area contributed by atoms with Crippen LogP contribution < -0.4 is 17.1 Å². The number of rotatable bonds is 1. The Kier molecular flexibility index (Phi) is 6.67. The number of urea groups is 1. The molecule has 0 aromatic carbocycles. The lowest BCUT2D eigenvalue weighted by Gasteiger charge is -2.12. The molecule has 7 nitrogen and oxygen atoms in total. The molecule has 7 heteroatoms. The van der Waals surface area contributed by atoms with Crippen LogP contribution in [0.25, 0.3) is 0 Å². The molecule has 19 heavy (non-hydrogen) atoms. The number of hydrogen-bond donors (Lipinski definition) is 3. The summed E-state index contributed by atoms with van der Waals surface area (Å²) in [6.07, 6.45) is 1.42. The van der Waals surface area contributed by atoms with E-state index in [0.29, 0.717) is 10.4 Å². The average Bonchev–Trinajstić information content (AvgIpc) is 2.35. The number of hydrazine groups is 2. The van der Waals surface area contributed by atoms with Gasteiger partial charge in [0.25, 0.3) is 5.91 Å². The molecule has 0 fully saturated rings. The molecule has 0 aliphatic heterocycles. The first-order valence-electron chi connectivity index (χ1n) is 5.67. The number of hydrogen-bond acceptors (Lipinski definition) is 5. The van der Waals surface area contributed by atoms with Gasteiger partial charge in [-0.15, -0.1) is 0 Å². The number of nitrogens with two attached hydrogens (primary N) is 2. The first-order valence-corrected chi connectivity index (χ1v) is 5.67. The van der Waals surface area contributed by atoms with Crippen molar-refractivity contribution in [3.63, 3.8) is 0 Å². The number of nitrogens with one attached hydrogen (secondary N) is 1. The van der Waals surface area contributed by atoms with Crippen LogP contribution >= 0.6 is 0 Å². The second-order valence-electron chi connectivity index (χ2n) is 5.34. The van der Waals surface area contributed by atoms with Crippen molar-refractivity contribution in [2.24, 2.45) is 17.1 Å². The summed E-state index contributed by atoms with van der Waals surface area (Å²) in [5, 5.41) is 0.350. The van der Waals surface area contributed by atoms with Gasteiger partial charge in [-0.2, -0.15) is 5.01 Å². The summed E-state index contributed by atoms with van der Waals surface area (Å²) in [5.41, 5.74) is 2.30. The minimum Gasteiger partial charge on any atom is -0.274 e. The van der Waals surface area contributed by atoms with Gasteiger partial charge >= 0.3 is 6.03 Å². The van der Waals surface area contributed by atoms with Crippen molar-refractivity contribution in [3.8, 4) is 0 Å². The molecule has 0 unspecified atom stereocenters. The summed E-state index contributed by atoms with van der Waals surface area (Å²) in [7, 11) is 0. The summed E-state index contributed by atoms with van der Waals surface area (Å²) in [6.45, 7) is 8.75. The van der Waals surface area contributed by atoms with Crippen LogP contribution in [0, 0.1) is 5.41 Å². The average molecular weight is 267 g/mol. The van der Waals surface area contributed by atoms with Crippen LogP contribution in [0.1, 0.15) is 38.2 Å². The molecule has 0 bridgehead atoms. The molecule has 5 N–H and O–H groups in total. The van der Waals surface area contributed by atoms with Crippen LogP contribution in [-0.2, 0) is 0 Å². The quantitative estimate of drug-likeness (QED) is 0.399. The van der Waals surface area contributed by atoms with Gasteiger partial charge in [0.15, 0.2) is 0 Å². The number of imide groups is 1. The molecule has 0 atom stereocenters. The Balaban J connectivity index is 0.000000555. The molecular weight excluding hydrogens is 246 g/mol. The second-order valence-corrected chi connectivity index (χ2v) is 5.34. The molecule has 3 amide bonds. The maximum Gasteiger partial charge on any atom is 0.353 e. The van der Waals surface area contributed by atoms with E-state index in [1.165, 1.54) is 12.3 Å². The van der Waals surface area contributed by atoms with Crippen molar-refractivity contribution >= 4 is 11.9 Å². The zero-order chi connectivity index (χ0) is 15.1. The number of amides is 3. The van der Waals surface area contributed by atoms with Crippen molar-refractivity contribution < 1.29 is 9.59 Å². The molecule has 1 rings (SSSR count). The number of aromatic nitrogens is 1. The molecule has 0 aliphatic carbocycles. The van der Waals surface area contributed by atoms with Crippen LogP contribution in [0.4, 0.5) is 4.79 Å². The molecular formula is C12H21N5O2. The standard InChI is InChI=1S/C7H9N5O2.C5H12/c8-11-7(14)12(9)6(13)5-3-1-2-4-10-5;1-5(2,3)4/h1-4H,8-9H2,(H,11,14);1-4H3. The van der Waals surface area contributed by atoms with Crippen molar-refractivity contribution in [1.29, 1.82) is 0 Å². The fourth-order valence-electron chi connectivity index (χ4n) is 0.774. The third kappa shape index (κ3) is 7.85. The largest absolute Gasteiger partial charge is 0.353 e. The first kappa shape index (κ1) is 17.0. The van der Waals surface area contributed by atoms with Crippen LogP contribution in [0.15, 0.2) is 24.4 Å². The van der Waals surface area contributed by atoms with E-state index >= 15 is 0 Å². The fourth-order valence-corrected chi connectivity index (χ4v) is 0.774. The van der Waals surface area contributed by atoms with E-state index in [2.05, 4.69) is 32.7 Å². The van der Waals surface area contributed by atoms with Crippen molar-refractivity contribution in [1.82, 2.24) is 15.4 Å². The van der Waals surface area contributed by atoms with Gasteiger partial charge < -0.3 is 0 Å². The van der Waals surface area contributed by atoms with E-state index in [4.69, 9.17) is 11.7 Å². The molecule has 0 saturated heterocycles. The minimum absolute atomic E-state index is 0.0681. The van der Waals surface area contributed by atoms with E-state index in [0.717, 1.165) is 0 Å². The smallest absolute Gasteiger partial charge is 0.274 e. The lowest BCUT2D eigenvalue weighted by atomic mass is 10.0. The van der Waals surface area contributed by atoms with E-state index in [1.807, 2.05) is 0 Å². The molecule has 0 radical (unpaired) electrons. The normalized spacial score (nSPS) is 10.0. The van der Waals surface area contributed by atoms with Gasteiger partial charge in [0.2, 0.25) is 0 Å². The summed E-state index contributed by atoms with van der Waals surface area (Å²) in [6, 6.07) is 3.78. The van der Waals surface area contributed by atoms with E-state index in [1.54, 1.807) is 17.6 Å². The summed E-state index contributed by atoms with van der Waals surface area (Å²) in [5.74, 6) is 9.22. The summed E-state index contributed by atoms with van der Waals surface area (Å²) < 4.78 is 0. The summed E-state index contributed by atoms with van der Waals surface area (Å²) >= 11 is 0. The Morgan fingerprint density at radius 1 is 1.26 bits per heavy atom. The Bertz CT molecular complexity index is 408. The molecule has 0 saturated carbocycles. The van der Waals surface area contributed by atoms with Gasteiger partial charge in [0.1, 0.15) is 5.69 Å². The molecule has 1 aromatic rings. The van der Waals surface area contributed by atoms with Gasteiger partial charge in [0.05, 0.1) is 0 Å². The van der Waals surface area contributed by atoms with Crippen molar-refractivity contribution in [2.45, 2.75) is 27.7 Å². The van der Waals surface area contributed by atoms with Gasteiger partial charge in [0, 0.05) is 6.20 Å². The molecule has 106 valence electrons. The second kappa shape index (κ2) is 7.45. The highest BCUT2D eigenvalue weighted by Gasteiger charge is 2.18. The number of nitrogens with zero attached hydrogens (tertiary/aromatic N) is 2. The third-order valence-corrected chi connectivity index (χ3v) is 1.45.